The van der Waals surface area contributed by atoms with Crippen LogP contribution < -0.4 is 10.6 Å². The van der Waals surface area contributed by atoms with Crippen LogP contribution in [0.5, 0.6) is 0 Å². The third-order valence-electron chi connectivity index (χ3n) is 4.18. The smallest absolute Gasteiger partial charge is 0.246 e. The van der Waals surface area contributed by atoms with E-state index in [-0.39, 0.29) is 11.9 Å². The zero-order chi connectivity index (χ0) is 16.2. The summed E-state index contributed by atoms with van der Waals surface area (Å²) >= 11 is 0. The molecule has 3 rings (SSSR count). The number of aryl methyl sites for hydroxylation is 2. The van der Waals surface area contributed by atoms with Crippen LogP contribution in [0, 0.1) is 11.3 Å². The Kier molecular flexibility index (Phi) is 4.29. The molecule has 0 radical (unpaired) electrons. The highest BCUT2D eigenvalue weighted by Gasteiger charge is 2.16. The summed E-state index contributed by atoms with van der Waals surface area (Å²) in [6, 6.07) is 15.0. The molecule has 0 heterocycles. The molecule has 4 heteroatoms. The van der Waals surface area contributed by atoms with E-state index < -0.39 is 0 Å². The van der Waals surface area contributed by atoms with Crippen LogP contribution in [0.25, 0.3) is 0 Å². The minimum absolute atomic E-state index is 0.159. The number of hydrogen-bond donors (Lipinski definition) is 2. The highest BCUT2D eigenvalue weighted by Crippen LogP contribution is 2.25. The average Bonchev–Trinajstić information content (AvgIpc) is 3.03. The van der Waals surface area contributed by atoms with Gasteiger partial charge >= 0.3 is 0 Å². The van der Waals surface area contributed by atoms with E-state index in [0.717, 1.165) is 18.5 Å². The van der Waals surface area contributed by atoms with Gasteiger partial charge in [0.2, 0.25) is 5.91 Å². The van der Waals surface area contributed by atoms with Crippen molar-refractivity contribution in [3.05, 3.63) is 59.2 Å². The number of anilines is 2. The van der Waals surface area contributed by atoms with E-state index >= 15 is 0 Å². The Morgan fingerprint density at radius 1 is 1.17 bits per heavy atom. The molecular formula is C19H19N3O. The van der Waals surface area contributed by atoms with Crippen molar-refractivity contribution in [2.24, 2.45) is 0 Å². The van der Waals surface area contributed by atoms with Crippen LogP contribution in [0.1, 0.15) is 30.0 Å². The summed E-state index contributed by atoms with van der Waals surface area (Å²) < 4.78 is 0. The van der Waals surface area contributed by atoms with Crippen LogP contribution in [0.4, 0.5) is 11.4 Å². The van der Waals surface area contributed by atoms with Crippen molar-refractivity contribution in [2.75, 3.05) is 10.6 Å². The number of nitrogens with one attached hydrogen (secondary N) is 2. The third-order valence-corrected chi connectivity index (χ3v) is 4.18. The van der Waals surface area contributed by atoms with Gasteiger partial charge in [0.05, 0.1) is 11.3 Å². The quantitative estimate of drug-likeness (QED) is 0.909. The molecule has 0 bridgehead atoms. The van der Waals surface area contributed by atoms with E-state index in [9.17, 15) is 4.79 Å². The first-order valence-corrected chi connectivity index (χ1v) is 7.85. The van der Waals surface area contributed by atoms with E-state index in [1.807, 2.05) is 13.0 Å². The topological polar surface area (TPSA) is 64.9 Å². The Morgan fingerprint density at radius 3 is 2.78 bits per heavy atom. The maximum atomic E-state index is 12.3. The fourth-order valence-corrected chi connectivity index (χ4v) is 2.91. The van der Waals surface area contributed by atoms with E-state index in [0.29, 0.717) is 11.3 Å². The summed E-state index contributed by atoms with van der Waals surface area (Å²) in [4.78, 5) is 12.3. The van der Waals surface area contributed by atoms with Crippen LogP contribution in [0.2, 0.25) is 0 Å². The SMILES string of the molecule is C[C@@H](Nc1ccc2c(c1)CCC2)C(=O)Nc1ccccc1C#N. The van der Waals surface area contributed by atoms with E-state index in [4.69, 9.17) is 5.26 Å². The lowest BCUT2D eigenvalue weighted by molar-refractivity contribution is -0.116. The predicted octanol–water partition coefficient (Wildman–Crippen LogP) is 3.49. The molecule has 0 aliphatic heterocycles. The monoisotopic (exact) mass is 305 g/mol. The second kappa shape index (κ2) is 6.53. The number of benzene rings is 2. The van der Waals surface area contributed by atoms with Gasteiger partial charge in [-0.2, -0.15) is 5.26 Å². The molecule has 1 aliphatic rings. The van der Waals surface area contributed by atoms with Crippen molar-refractivity contribution in [2.45, 2.75) is 32.2 Å². The first-order valence-electron chi connectivity index (χ1n) is 7.85. The van der Waals surface area contributed by atoms with Crippen molar-refractivity contribution < 1.29 is 4.79 Å². The molecular weight excluding hydrogens is 286 g/mol. The van der Waals surface area contributed by atoms with Gasteiger partial charge in [0, 0.05) is 5.69 Å². The van der Waals surface area contributed by atoms with Gasteiger partial charge in [0.15, 0.2) is 0 Å². The Morgan fingerprint density at radius 2 is 1.96 bits per heavy atom. The van der Waals surface area contributed by atoms with Crippen molar-refractivity contribution in [1.29, 1.82) is 5.26 Å². The van der Waals surface area contributed by atoms with Crippen molar-refractivity contribution in [3.8, 4) is 6.07 Å². The summed E-state index contributed by atoms with van der Waals surface area (Å²) in [5, 5.41) is 15.1. The predicted molar refractivity (Wildman–Crippen MR) is 91.3 cm³/mol. The number of nitriles is 1. The van der Waals surface area contributed by atoms with Gasteiger partial charge in [-0.15, -0.1) is 0 Å². The van der Waals surface area contributed by atoms with Crippen LogP contribution in [-0.4, -0.2) is 11.9 Å². The molecule has 2 N–H and O–H groups in total. The first kappa shape index (κ1) is 15.1. The average molecular weight is 305 g/mol. The summed E-state index contributed by atoms with van der Waals surface area (Å²) in [5.74, 6) is -0.159. The molecule has 0 fully saturated rings. The largest absolute Gasteiger partial charge is 0.374 e. The molecule has 0 aromatic heterocycles. The molecule has 4 nitrogen and oxygen atoms in total. The fourth-order valence-electron chi connectivity index (χ4n) is 2.91. The Labute approximate surface area is 136 Å². The van der Waals surface area contributed by atoms with Crippen molar-refractivity contribution in [1.82, 2.24) is 0 Å². The van der Waals surface area contributed by atoms with Crippen LogP contribution in [0.3, 0.4) is 0 Å². The highest BCUT2D eigenvalue weighted by molar-refractivity contribution is 5.97. The van der Waals surface area contributed by atoms with Gasteiger partial charge in [-0.1, -0.05) is 18.2 Å². The minimum Gasteiger partial charge on any atom is -0.374 e. The van der Waals surface area contributed by atoms with Gasteiger partial charge in [0.25, 0.3) is 0 Å². The molecule has 2 aromatic carbocycles. The lowest BCUT2D eigenvalue weighted by Gasteiger charge is -2.16. The summed E-state index contributed by atoms with van der Waals surface area (Å²) in [7, 11) is 0. The van der Waals surface area contributed by atoms with Crippen LogP contribution in [0.15, 0.2) is 42.5 Å². The minimum atomic E-state index is -0.388. The van der Waals surface area contributed by atoms with Gasteiger partial charge in [0.1, 0.15) is 12.1 Å². The lowest BCUT2D eigenvalue weighted by atomic mass is 10.1. The lowest BCUT2D eigenvalue weighted by Crippen LogP contribution is -2.32. The number of carbonyl (C=O) groups is 1. The molecule has 1 amide bonds. The number of hydrogen-bond acceptors (Lipinski definition) is 3. The number of rotatable bonds is 4. The van der Waals surface area contributed by atoms with Crippen molar-refractivity contribution in [3.63, 3.8) is 0 Å². The maximum absolute atomic E-state index is 12.3. The van der Waals surface area contributed by atoms with Crippen LogP contribution in [-0.2, 0) is 17.6 Å². The molecule has 0 saturated heterocycles. The molecule has 0 saturated carbocycles. The standard InChI is InChI=1S/C19H19N3O/c1-13(19(23)22-18-8-3-2-5-16(18)12-20)21-17-10-9-14-6-4-7-15(14)11-17/h2-3,5,8-11,13,21H,4,6-7H2,1H3,(H,22,23)/t13-/m1/s1. The molecule has 0 spiro atoms. The number of carbonyl (C=O) groups excluding carboxylic acids is 1. The van der Waals surface area contributed by atoms with Gasteiger partial charge in [-0.3, -0.25) is 4.79 Å². The number of amides is 1. The molecule has 1 aliphatic carbocycles. The molecule has 0 unspecified atom stereocenters. The Balaban J connectivity index is 1.67. The Hall–Kier alpha value is -2.80. The van der Waals surface area contributed by atoms with Gasteiger partial charge in [-0.05, 0) is 61.6 Å². The van der Waals surface area contributed by atoms with E-state index in [1.54, 1.807) is 24.3 Å². The first-order chi connectivity index (χ1) is 11.2. The van der Waals surface area contributed by atoms with Gasteiger partial charge < -0.3 is 10.6 Å². The number of para-hydroxylation sites is 1. The van der Waals surface area contributed by atoms with E-state index in [1.165, 1.54) is 17.5 Å². The molecule has 2 aromatic rings. The van der Waals surface area contributed by atoms with Gasteiger partial charge in [-0.25, -0.2) is 0 Å². The summed E-state index contributed by atoms with van der Waals surface area (Å²) in [6.45, 7) is 1.82. The highest BCUT2D eigenvalue weighted by atomic mass is 16.2. The second-order valence-electron chi connectivity index (χ2n) is 5.85. The maximum Gasteiger partial charge on any atom is 0.246 e. The third kappa shape index (κ3) is 3.35. The van der Waals surface area contributed by atoms with Crippen molar-refractivity contribution >= 4 is 17.3 Å². The Bertz CT molecular complexity index is 776. The van der Waals surface area contributed by atoms with Crippen LogP contribution >= 0.6 is 0 Å². The fraction of sp³-hybridized carbons (Fsp3) is 0.263. The number of fused-ring (bicyclic) bond motifs is 1. The zero-order valence-corrected chi connectivity index (χ0v) is 13.1. The molecule has 1 atom stereocenters. The van der Waals surface area contributed by atoms with E-state index in [2.05, 4.69) is 28.8 Å². The number of nitrogens with zero attached hydrogens (tertiary/aromatic N) is 1. The molecule has 23 heavy (non-hydrogen) atoms. The normalized spacial score (nSPS) is 13.7. The second-order valence-corrected chi connectivity index (χ2v) is 5.85. The summed E-state index contributed by atoms with van der Waals surface area (Å²) in [6.07, 6.45) is 3.47. The zero-order valence-electron chi connectivity index (χ0n) is 13.1. The summed E-state index contributed by atoms with van der Waals surface area (Å²) in [5.41, 5.74) is 4.75. The molecule has 116 valence electrons.